The molecule has 0 bridgehead atoms. The topological polar surface area (TPSA) is 62.1 Å². The Hall–Kier alpha value is -2.07. The van der Waals surface area contributed by atoms with Gasteiger partial charge in [0.15, 0.2) is 6.61 Å². The van der Waals surface area contributed by atoms with Crippen LogP contribution in [0.2, 0.25) is 0 Å². The molecule has 4 nitrogen and oxygen atoms in total. The zero-order valence-corrected chi connectivity index (χ0v) is 14.3. The van der Waals surface area contributed by atoms with Crippen molar-refractivity contribution >= 4 is 28.5 Å². The van der Waals surface area contributed by atoms with Crippen molar-refractivity contribution in [1.82, 2.24) is 5.32 Å². The molecule has 0 unspecified atom stereocenters. The first-order valence-electron chi connectivity index (χ1n) is 6.73. The third kappa shape index (κ3) is 4.46. The summed E-state index contributed by atoms with van der Waals surface area (Å²) in [6, 6.07) is 14.9. The lowest BCUT2D eigenvalue weighted by Gasteiger charge is -2.08. The molecule has 0 aliphatic heterocycles. The molecule has 0 saturated carbocycles. The van der Waals surface area contributed by atoms with Crippen molar-refractivity contribution in [2.45, 2.75) is 13.5 Å². The van der Waals surface area contributed by atoms with E-state index in [0.717, 1.165) is 14.7 Å². The normalized spacial score (nSPS) is 9.86. The van der Waals surface area contributed by atoms with Gasteiger partial charge in [-0.05, 0) is 71.0 Å². The molecule has 0 heterocycles. The quantitative estimate of drug-likeness (QED) is 0.775. The van der Waals surface area contributed by atoms with Crippen molar-refractivity contribution in [2.24, 2.45) is 0 Å². The third-order valence-electron chi connectivity index (χ3n) is 3.08. The Morgan fingerprint density at radius 1 is 1.32 bits per heavy atom. The molecule has 112 valence electrons. The van der Waals surface area contributed by atoms with Crippen LogP contribution in [-0.2, 0) is 6.54 Å². The van der Waals surface area contributed by atoms with Gasteiger partial charge in [-0.1, -0.05) is 12.1 Å². The number of halogens is 1. The predicted molar refractivity (Wildman–Crippen MR) is 92.6 cm³/mol. The number of nitrogens with zero attached hydrogens (tertiary/aromatic N) is 1. The van der Waals surface area contributed by atoms with E-state index in [4.69, 9.17) is 10.00 Å². The first-order chi connectivity index (χ1) is 10.6. The third-order valence-corrected chi connectivity index (χ3v) is 4.29. The summed E-state index contributed by atoms with van der Waals surface area (Å²) in [5.41, 5.74) is 2.65. The first kappa shape index (κ1) is 16.3. The summed E-state index contributed by atoms with van der Waals surface area (Å²) in [5.74, 6) is 0.515. The number of ether oxygens (including phenoxy) is 1. The molecule has 5 heteroatoms. The summed E-state index contributed by atoms with van der Waals surface area (Å²) < 4.78 is 6.38. The van der Waals surface area contributed by atoms with Crippen LogP contribution in [0.4, 0.5) is 0 Å². The number of nitrogens with one attached hydrogen (secondary N) is 1. The van der Waals surface area contributed by atoms with Crippen molar-refractivity contribution in [2.75, 3.05) is 6.61 Å². The van der Waals surface area contributed by atoms with E-state index in [-0.39, 0.29) is 12.5 Å². The molecule has 22 heavy (non-hydrogen) atoms. The van der Waals surface area contributed by atoms with Crippen LogP contribution in [0, 0.1) is 21.8 Å². The van der Waals surface area contributed by atoms with Crippen LogP contribution in [0.1, 0.15) is 21.5 Å². The minimum absolute atomic E-state index is 0.0116. The van der Waals surface area contributed by atoms with E-state index in [0.29, 0.717) is 17.9 Å². The summed E-state index contributed by atoms with van der Waals surface area (Å²) >= 11 is 2.24. The van der Waals surface area contributed by atoms with Crippen LogP contribution in [0.25, 0.3) is 0 Å². The average Bonchev–Trinajstić information content (AvgIpc) is 2.53. The lowest BCUT2D eigenvalue weighted by molar-refractivity contribution is 0.0950. The number of hydrogen-bond donors (Lipinski definition) is 1. The second-order valence-electron chi connectivity index (χ2n) is 4.74. The van der Waals surface area contributed by atoms with E-state index in [2.05, 4.69) is 27.9 Å². The van der Waals surface area contributed by atoms with Crippen molar-refractivity contribution in [3.05, 3.63) is 62.7 Å². The summed E-state index contributed by atoms with van der Waals surface area (Å²) in [5, 5.41) is 11.4. The molecule has 0 aliphatic carbocycles. The summed E-state index contributed by atoms with van der Waals surface area (Å²) in [6.07, 6.45) is 0. The van der Waals surface area contributed by atoms with E-state index in [9.17, 15) is 4.79 Å². The molecule has 2 aromatic rings. The van der Waals surface area contributed by atoms with E-state index in [1.54, 1.807) is 6.07 Å². The highest BCUT2D eigenvalue weighted by atomic mass is 127. The Morgan fingerprint density at radius 2 is 2.14 bits per heavy atom. The Bertz CT molecular complexity index is 723. The Morgan fingerprint density at radius 3 is 2.86 bits per heavy atom. The second-order valence-corrected chi connectivity index (χ2v) is 5.90. The zero-order valence-electron chi connectivity index (χ0n) is 12.1. The Labute approximate surface area is 143 Å². The molecule has 0 saturated heterocycles. The van der Waals surface area contributed by atoms with E-state index in [1.165, 1.54) is 0 Å². The molecule has 2 rings (SSSR count). The molecule has 0 spiro atoms. The number of carbonyl (C=O) groups excluding carboxylic acids is 1. The number of rotatable bonds is 5. The van der Waals surface area contributed by atoms with Crippen molar-refractivity contribution in [3.8, 4) is 11.8 Å². The SMILES string of the molecule is Cc1cc(C(=O)NCc2cccc(OCC#N)c2)ccc1I. The Balaban J connectivity index is 1.98. The second kappa shape index (κ2) is 7.80. The van der Waals surface area contributed by atoms with Gasteiger partial charge in [-0.25, -0.2) is 0 Å². The van der Waals surface area contributed by atoms with Gasteiger partial charge in [0.05, 0.1) is 0 Å². The van der Waals surface area contributed by atoms with Gasteiger partial charge in [0.2, 0.25) is 0 Å². The van der Waals surface area contributed by atoms with Gasteiger partial charge in [0.25, 0.3) is 5.91 Å². The lowest BCUT2D eigenvalue weighted by atomic mass is 10.1. The minimum Gasteiger partial charge on any atom is -0.479 e. The average molecular weight is 406 g/mol. The van der Waals surface area contributed by atoms with Gasteiger partial charge in [-0.15, -0.1) is 0 Å². The fourth-order valence-corrected chi connectivity index (χ4v) is 2.27. The van der Waals surface area contributed by atoms with Gasteiger partial charge in [-0.2, -0.15) is 5.26 Å². The van der Waals surface area contributed by atoms with Crippen LogP contribution < -0.4 is 10.1 Å². The van der Waals surface area contributed by atoms with Gasteiger partial charge >= 0.3 is 0 Å². The Kier molecular flexibility index (Phi) is 5.78. The molecular formula is C17H15IN2O2. The highest BCUT2D eigenvalue weighted by Crippen LogP contribution is 2.15. The number of carbonyl (C=O) groups is 1. The predicted octanol–water partition coefficient (Wildman–Crippen LogP) is 3.43. The molecule has 0 atom stereocenters. The van der Waals surface area contributed by atoms with Crippen LogP contribution in [-0.4, -0.2) is 12.5 Å². The molecule has 0 fully saturated rings. The van der Waals surface area contributed by atoms with Gasteiger partial charge in [0, 0.05) is 15.7 Å². The first-order valence-corrected chi connectivity index (χ1v) is 7.81. The minimum atomic E-state index is -0.108. The number of hydrogen-bond acceptors (Lipinski definition) is 3. The van der Waals surface area contributed by atoms with Crippen molar-refractivity contribution in [3.63, 3.8) is 0 Å². The van der Waals surface area contributed by atoms with E-state index in [1.807, 2.05) is 49.4 Å². The monoisotopic (exact) mass is 406 g/mol. The van der Waals surface area contributed by atoms with Gasteiger partial charge in [-0.3, -0.25) is 4.79 Å². The van der Waals surface area contributed by atoms with E-state index >= 15 is 0 Å². The number of nitriles is 1. The fraction of sp³-hybridized carbons (Fsp3) is 0.176. The molecule has 0 radical (unpaired) electrons. The van der Waals surface area contributed by atoms with Crippen LogP contribution in [0.15, 0.2) is 42.5 Å². The van der Waals surface area contributed by atoms with Gasteiger partial charge in [0.1, 0.15) is 11.8 Å². The summed E-state index contributed by atoms with van der Waals surface area (Å²) in [4.78, 5) is 12.2. The maximum atomic E-state index is 12.2. The standard InChI is InChI=1S/C17H15IN2O2/c1-12-9-14(5-6-16(12)18)17(21)20-11-13-3-2-4-15(10-13)22-8-7-19/h2-6,9-10H,8,11H2,1H3,(H,20,21). The number of aryl methyl sites for hydroxylation is 1. The molecule has 1 N–H and O–H groups in total. The van der Waals surface area contributed by atoms with E-state index < -0.39 is 0 Å². The highest BCUT2D eigenvalue weighted by Gasteiger charge is 2.07. The zero-order chi connectivity index (χ0) is 15.9. The van der Waals surface area contributed by atoms with Crippen LogP contribution >= 0.6 is 22.6 Å². The van der Waals surface area contributed by atoms with Gasteiger partial charge < -0.3 is 10.1 Å². The van der Waals surface area contributed by atoms with Crippen molar-refractivity contribution < 1.29 is 9.53 Å². The molecule has 0 aromatic heterocycles. The lowest BCUT2D eigenvalue weighted by Crippen LogP contribution is -2.22. The largest absolute Gasteiger partial charge is 0.479 e. The summed E-state index contributed by atoms with van der Waals surface area (Å²) in [6.45, 7) is 2.40. The molecule has 1 amide bonds. The maximum absolute atomic E-state index is 12.2. The maximum Gasteiger partial charge on any atom is 0.251 e. The molecular weight excluding hydrogens is 391 g/mol. The smallest absolute Gasteiger partial charge is 0.251 e. The number of amides is 1. The fourth-order valence-electron chi connectivity index (χ4n) is 1.93. The molecule has 0 aliphatic rings. The van der Waals surface area contributed by atoms with Crippen LogP contribution in [0.3, 0.4) is 0 Å². The summed E-state index contributed by atoms with van der Waals surface area (Å²) in [7, 11) is 0. The highest BCUT2D eigenvalue weighted by molar-refractivity contribution is 14.1. The molecule has 2 aromatic carbocycles. The van der Waals surface area contributed by atoms with Crippen LogP contribution in [0.5, 0.6) is 5.75 Å². The number of benzene rings is 2. The van der Waals surface area contributed by atoms with Crippen molar-refractivity contribution in [1.29, 1.82) is 5.26 Å².